The fourth-order valence-corrected chi connectivity index (χ4v) is 3.49. The quantitative estimate of drug-likeness (QED) is 0.671. The Hall–Kier alpha value is -1.80. The highest BCUT2D eigenvalue weighted by molar-refractivity contribution is 7.89. The zero-order valence-corrected chi connectivity index (χ0v) is 16.3. The SMILES string of the molecule is Cc1ccc(NC(=O)CCCOc2ccc(Cl)cc2Cl)cc1S(N)(=O)=O. The summed E-state index contributed by atoms with van der Waals surface area (Å²) in [5.74, 6) is 0.229. The van der Waals surface area contributed by atoms with Crippen molar-refractivity contribution in [1.82, 2.24) is 0 Å². The first kappa shape index (κ1) is 20.5. The number of carbonyl (C=O) groups is 1. The first-order valence-electron chi connectivity index (χ1n) is 7.68. The summed E-state index contributed by atoms with van der Waals surface area (Å²) < 4.78 is 28.5. The Balaban J connectivity index is 1.86. The van der Waals surface area contributed by atoms with Gasteiger partial charge < -0.3 is 10.1 Å². The van der Waals surface area contributed by atoms with Crippen LogP contribution >= 0.6 is 23.2 Å². The molecule has 0 saturated heterocycles. The highest BCUT2D eigenvalue weighted by Crippen LogP contribution is 2.27. The molecule has 1 amide bonds. The van der Waals surface area contributed by atoms with Gasteiger partial charge in [-0.05, 0) is 49.2 Å². The van der Waals surface area contributed by atoms with Crippen molar-refractivity contribution < 1.29 is 17.9 Å². The second-order valence-corrected chi connectivity index (χ2v) is 7.97. The van der Waals surface area contributed by atoms with E-state index in [1.807, 2.05) is 0 Å². The van der Waals surface area contributed by atoms with E-state index in [0.717, 1.165) is 0 Å². The Labute approximate surface area is 162 Å². The molecule has 140 valence electrons. The summed E-state index contributed by atoms with van der Waals surface area (Å²) >= 11 is 11.8. The molecule has 0 saturated carbocycles. The summed E-state index contributed by atoms with van der Waals surface area (Å²) in [6, 6.07) is 9.44. The van der Waals surface area contributed by atoms with Gasteiger partial charge in [-0.2, -0.15) is 0 Å². The highest BCUT2D eigenvalue weighted by Gasteiger charge is 2.13. The maximum atomic E-state index is 12.0. The van der Waals surface area contributed by atoms with Gasteiger partial charge in [-0.15, -0.1) is 0 Å². The van der Waals surface area contributed by atoms with Gasteiger partial charge in [0.05, 0.1) is 16.5 Å². The van der Waals surface area contributed by atoms with E-state index in [4.69, 9.17) is 33.1 Å². The van der Waals surface area contributed by atoms with Crippen molar-refractivity contribution in [3.05, 3.63) is 52.0 Å². The van der Waals surface area contributed by atoms with Gasteiger partial charge in [-0.3, -0.25) is 4.79 Å². The number of halogens is 2. The molecule has 0 aromatic heterocycles. The van der Waals surface area contributed by atoms with E-state index in [-0.39, 0.29) is 17.2 Å². The monoisotopic (exact) mass is 416 g/mol. The van der Waals surface area contributed by atoms with Crippen LogP contribution in [0.2, 0.25) is 10.0 Å². The van der Waals surface area contributed by atoms with Crippen molar-refractivity contribution in [3.8, 4) is 5.75 Å². The second kappa shape index (κ2) is 8.73. The fraction of sp³-hybridized carbons (Fsp3) is 0.235. The summed E-state index contributed by atoms with van der Waals surface area (Å²) in [5, 5.41) is 8.71. The number of hydrogen-bond donors (Lipinski definition) is 2. The van der Waals surface area contributed by atoms with Crippen molar-refractivity contribution in [2.24, 2.45) is 5.14 Å². The number of sulfonamides is 1. The van der Waals surface area contributed by atoms with Gasteiger partial charge in [0, 0.05) is 17.1 Å². The Morgan fingerprint density at radius 1 is 1.19 bits per heavy atom. The van der Waals surface area contributed by atoms with Gasteiger partial charge >= 0.3 is 0 Å². The van der Waals surface area contributed by atoms with E-state index in [1.54, 1.807) is 37.3 Å². The van der Waals surface area contributed by atoms with Gasteiger partial charge in [-0.1, -0.05) is 29.3 Å². The Bertz CT molecular complexity index is 917. The first-order valence-corrected chi connectivity index (χ1v) is 9.98. The number of primary sulfonamides is 1. The zero-order chi connectivity index (χ0) is 19.3. The molecule has 0 fully saturated rings. The molecule has 0 bridgehead atoms. The topological polar surface area (TPSA) is 98.5 Å². The minimum absolute atomic E-state index is 0.0176. The lowest BCUT2D eigenvalue weighted by atomic mass is 10.2. The van der Waals surface area contributed by atoms with E-state index >= 15 is 0 Å². The van der Waals surface area contributed by atoms with Crippen LogP contribution in [-0.4, -0.2) is 20.9 Å². The molecule has 0 atom stereocenters. The molecule has 0 spiro atoms. The molecular weight excluding hydrogens is 399 g/mol. The third kappa shape index (κ3) is 5.88. The third-order valence-electron chi connectivity index (χ3n) is 3.48. The predicted molar refractivity (Wildman–Crippen MR) is 102 cm³/mol. The number of carbonyl (C=O) groups excluding carboxylic acids is 1. The Morgan fingerprint density at radius 2 is 1.92 bits per heavy atom. The standard InChI is InChI=1S/C17H18Cl2N2O4S/c1-11-4-6-13(10-16(11)26(20,23)24)21-17(22)3-2-8-25-15-7-5-12(18)9-14(15)19/h4-7,9-10H,2-3,8H2,1H3,(H,21,22)(H2,20,23,24). The molecule has 2 aromatic rings. The number of hydrogen-bond acceptors (Lipinski definition) is 4. The number of aryl methyl sites for hydroxylation is 1. The maximum absolute atomic E-state index is 12.0. The molecule has 0 radical (unpaired) electrons. The largest absolute Gasteiger partial charge is 0.492 e. The van der Waals surface area contributed by atoms with Crippen LogP contribution in [0.3, 0.4) is 0 Å². The number of ether oxygens (including phenoxy) is 1. The third-order valence-corrected chi connectivity index (χ3v) is 5.06. The minimum Gasteiger partial charge on any atom is -0.492 e. The molecule has 26 heavy (non-hydrogen) atoms. The van der Waals surface area contributed by atoms with Crippen LogP contribution in [0.5, 0.6) is 5.75 Å². The van der Waals surface area contributed by atoms with Crippen molar-refractivity contribution in [1.29, 1.82) is 0 Å². The molecule has 9 heteroatoms. The van der Waals surface area contributed by atoms with Gasteiger partial charge in [0.2, 0.25) is 15.9 Å². The van der Waals surface area contributed by atoms with E-state index < -0.39 is 10.0 Å². The van der Waals surface area contributed by atoms with E-state index in [0.29, 0.717) is 40.1 Å². The molecule has 0 aliphatic rings. The summed E-state index contributed by atoms with van der Waals surface area (Å²) in [7, 11) is -3.84. The van der Waals surface area contributed by atoms with E-state index in [2.05, 4.69) is 5.32 Å². The average molecular weight is 417 g/mol. The van der Waals surface area contributed by atoms with Crippen LogP contribution in [0.25, 0.3) is 0 Å². The van der Waals surface area contributed by atoms with Gasteiger partial charge in [0.1, 0.15) is 5.75 Å². The molecular formula is C17H18Cl2N2O4S. The molecule has 6 nitrogen and oxygen atoms in total. The number of amides is 1. The van der Waals surface area contributed by atoms with Crippen molar-refractivity contribution in [2.75, 3.05) is 11.9 Å². The number of anilines is 1. The van der Waals surface area contributed by atoms with Crippen LogP contribution in [0.15, 0.2) is 41.3 Å². The Morgan fingerprint density at radius 3 is 2.58 bits per heavy atom. The number of benzene rings is 2. The summed E-state index contributed by atoms with van der Waals surface area (Å²) in [6.45, 7) is 1.93. The van der Waals surface area contributed by atoms with Crippen molar-refractivity contribution in [2.45, 2.75) is 24.7 Å². The number of nitrogens with two attached hydrogens (primary N) is 1. The van der Waals surface area contributed by atoms with Crippen LogP contribution in [0, 0.1) is 6.92 Å². The van der Waals surface area contributed by atoms with Gasteiger partial charge in [0.15, 0.2) is 0 Å². The highest BCUT2D eigenvalue weighted by atomic mass is 35.5. The van der Waals surface area contributed by atoms with E-state index in [9.17, 15) is 13.2 Å². The van der Waals surface area contributed by atoms with Crippen LogP contribution in [0.4, 0.5) is 5.69 Å². The molecule has 2 aromatic carbocycles. The molecule has 0 aliphatic carbocycles. The lowest BCUT2D eigenvalue weighted by Crippen LogP contribution is -2.16. The molecule has 3 N–H and O–H groups in total. The summed E-state index contributed by atoms with van der Waals surface area (Å²) in [5.41, 5.74) is 0.880. The fourth-order valence-electron chi connectivity index (χ4n) is 2.21. The average Bonchev–Trinajstić information content (AvgIpc) is 2.54. The van der Waals surface area contributed by atoms with Crippen LogP contribution in [-0.2, 0) is 14.8 Å². The summed E-state index contributed by atoms with van der Waals surface area (Å²) in [4.78, 5) is 12.0. The lowest BCUT2D eigenvalue weighted by molar-refractivity contribution is -0.116. The number of nitrogens with one attached hydrogen (secondary N) is 1. The lowest BCUT2D eigenvalue weighted by Gasteiger charge is -2.10. The molecule has 0 aliphatic heterocycles. The zero-order valence-electron chi connectivity index (χ0n) is 14.0. The predicted octanol–water partition coefficient (Wildman–Crippen LogP) is 3.75. The second-order valence-electron chi connectivity index (χ2n) is 5.60. The smallest absolute Gasteiger partial charge is 0.238 e. The van der Waals surface area contributed by atoms with Crippen molar-refractivity contribution in [3.63, 3.8) is 0 Å². The molecule has 0 heterocycles. The number of rotatable bonds is 7. The minimum atomic E-state index is -3.84. The maximum Gasteiger partial charge on any atom is 0.238 e. The normalized spacial score (nSPS) is 11.2. The first-order chi connectivity index (χ1) is 12.2. The van der Waals surface area contributed by atoms with Crippen LogP contribution < -0.4 is 15.2 Å². The molecule has 0 unspecified atom stereocenters. The summed E-state index contributed by atoms with van der Waals surface area (Å²) in [6.07, 6.45) is 0.655. The van der Waals surface area contributed by atoms with Crippen LogP contribution in [0.1, 0.15) is 18.4 Å². The van der Waals surface area contributed by atoms with Gasteiger partial charge in [-0.25, -0.2) is 13.6 Å². The van der Waals surface area contributed by atoms with Gasteiger partial charge in [0.25, 0.3) is 0 Å². The van der Waals surface area contributed by atoms with E-state index in [1.165, 1.54) is 6.07 Å². The Kier molecular flexibility index (Phi) is 6.88. The van der Waals surface area contributed by atoms with Crippen molar-refractivity contribution >= 4 is 44.8 Å². The molecule has 2 rings (SSSR count).